The van der Waals surface area contributed by atoms with Crippen LogP contribution in [0.4, 0.5) is 22.7 Å². The number of rotatable bonds is 1. The van der Waals surface area contributed by atoms with Crippen molar-refractivity contribution in [3.63, 3.8) is 0 Å². The van der Waals surface area contributed by atoms with Crippen LogP contribution >= 0.6 is 23.5 Å². The monoisotopic (exact) mass is 508 g/mol. The minimum absolute atomic E-state index is 0.1000. The van der Waals surface area contributed by atoms with E-state index < -0.39 is 0 Å². The van der Waals surface area contributed by atoms with Gasteiger partial charge in [0, 0.05) is 19.6 Å². The van der Waals surface area contributed by atoms with Gasteiger partial charge in [0.15, 0.2) is 5.69 Å². The van der Waals surface area contributed by atoms with Crippen molar-refractivity contribution in [3.8, 4) is 12.1 Å². The van der Waals surface area contributed by atoms with Gasteiger partial charge < -0.3 is 4.90 Å². The van der Waals surface area contributed by atoms with Crippen molar-refractivity contribution in [2.24, 2.45) is 0 Å². The summed E-state index contributed by atoms with van der Waals surface area (Å²) >= 11 is 3.28. The number of hydrogen-bond acceptors (Lipinski definition) is 5. The van der Waals surface area contributed by atoms with Crippen LogP contribution in [0.1, 0.15) is 27.8 Å². The van der Waals surface area contributed by atoms with E-state index in [0.29, 0.717) is 16.8 Å². The molecule has 0 aliphatic carbocycles. The van der Waals surface area contributed by atoms with Gasteiger partial charge in [-0.2, -0.15) is 10.5 Å². The van der Waals surface area contributed by atoms with Gasteiger partial charge in [-0.25, -0.2) is 4.85 Å². The number of hydrogen-bond donors (Lipinski definition) is 0. The Kier molecular flexibility index (Phi) is 4.61. The fraction of sp³-hybridized carbons (Fsp3) is 0.100. The average Bonchev–Trinajstić information content (AvgIpc) is 2.88. The van der Waals surface area contributed by atoms with Crippen molar-refractivity contribution in [1.82, 2.24) is 0 Å². The summed E-state index contributed by atoms with van der Waals surface area (Å²) in [6.07, 6.45) is 0. The Hall–Kier alpha value is -4.09. The van der Waals surface area contributed by atoms with E-state index in [1.165, 1.54) is 22.2 Å². The topological polar surface area (TPSA) is 55.2 Å². The third-order valence-corrected chi connectivity index (χ3v) is 9.50. The summed E-state index contributed by atoms with van der Waals surface area (Å²) in [5.74, 6) is 0. The first-order valence-corrected chi connectivity index (χ1v) is 13.5. The molecule has 7 rings (SSSR count). The number of anilines is 3. The minimum Gasteiger partial charge on any atom is -0.307 e. The number of benzene rings is 4. The molecule has 0 amide bonds. The molecule has 4 nitrogen and oxygen atoms in total. The van der Waals surface area contributed by atoms with Crippen LogP contribution in [0.3, 0.4) is 0 Å². The molecule has 0 atom stereocenters. The maximum Gasteiger partial charge on any atom is 0.245 e. The first-order chi connectivity index (χ1) is 17.9. The van der Waals surface area contributed by atoms with Gasteiger partial charge in [-0.3, -0.25) is 0 Å². The first kappa shape index (κ1) is 22.1. The highest BCUT2D eigenvalue weighted by Crippen LogP contribution is 2.61. The molecule has 0 fully saturated rings. The largest absolute Gasteiger partial charge is 0.307 e. The Bertz CT molecular complexity index is 1750. The lowest BCUT2D eigenvalue weighted by Crippen LogP contribution is -2.59. The number of nitrogens with zero attached hydrogens (tertiary/aromatic N) is 4. The maximum atomic E-state index is 9.99. The van der Waals surface area contributed by atoms with E-state index in [0.717, 1.165) is 47.6 Å². The van der Waals surface area contributed by atoms with Crippen LogP contribution in [0.25, 0.3) is 4.85 Å². The molecule has 0 aromatic heterocycles. The molecule has 0 unspecified atom stereocenters. The zero-order valence-corrected chi connectivity index (χ0v) is 21.9. The van der Waals surface area contributed by atoms with E-state index in [2.05, 4.69) is 54.8 Å². The second-order valence-electron chi connectivity index (χ2n) is 9.74. The lowest BCUT2D eigenvalue weighted by molar-refractivity contribution is 1.09. The molecule has 3 heterocycles. The van der Waals surface area contributed by atoms with Crippen molar-refractivity contribution in [2.75, 3.05) is 4.90 Å². The van der Waals surface area contributed by atoms with Gasteiger partial charge in [0.2, 0.25) is 6.71 Å². The van der Waals surface area contributed by atoms with E-state index in [9.17, 15) is 10.5 Å². The Morgan fingerprint density at radius 3 is 1.81 bits per heavy atom. The molecular formula is C30H17BN4S2. The number of aryl methyl sites for hydroxylation is 3. The molecule has 37 heavy (non-hydrogen) atoms. The summed E-state index contributed by atoms with van der Waals surface area (Å²) < 4.78 is 0. The Morgan fingerprint density at radius 2 is 1.24 bits per heavy atom. The van der Waals surface area contributed by atoms with Gasteiger partial charge in [-0.15, -0.1) is 0 Å². The molecule has 172 valence electrons. The van der Waals surface area contributed by atoms with Crippen molar-refractivity contribution in [3.05, 3.63) is 87.8 Å². The lowest BCUT2D eigenvalue weighted by atomic mass is 9.33. The zero-order valence-electron chi connectivity index (χ0n) is 20.3. The van der Waals surface area contributed by atoms with E-state index >= 15 is 0 Å². The van der Waals surface area contributed by atoms with Crippen LogP contribution in [0.5, 0.6) is 0 Å². The predicted octanol–water partition coefficient (Wildman–Crippen LogP) is 6.13. The highest BCUT2D eigenvalue weighted by molar-refractivity contribution is 8.00. The zero-order chi connectivity index (χ0) is 25.6. The van der Waals surface area contributed by atoms with Gasteiger partial charge in [0.25, 0.3) is 0 Å². The van der Waals surface area contributed by atoms with Crippen LogP contribution in [-0.2, 0) is 0 Å². The van der Waals surface area contributed by atoms with Crippen LogP contribution in [-0.4, -0.2) is 6.71 Å². The normalized spacial score (nSPS) is 13.4. The molecule has 0 radical (unpaired) electrons. The van der Waals surface area contributed by atoms with Gasteiger partial charge in [-0.1, -0.05) is 69.3 Å². The Labute approximate surface area is 224 Å². The second kappa shape index (κ2) is 7.71. The van der Waals surface area contributed by atoms with Gasteiger partial charge in [0.05, 0.1) is 46.9 Å². The SMILES string of the molecule is [C-]#[N+]c1cc2c3c(c1)B(c1c(C)cc(C)cc1C)c1cc(C#N)cc4c1N3c1c(cc(C#N)cc1S2)S4. The molecular weight excluding hydrogens is 491 g/mol. The third-order valence-electron chi connectivity index (χ3n) is 7.38. The van der Waals surface area contributed by atoms with Crippen LogP contribution in [0.15, 0.2) is 68.1 Å². The summed E-state index contributed by atoms with van der Waals surface area (Å²) in [5.41, 5.74) is 12.2. The Morgan fingerprint density at radius 1 is 0.730 bits per heavy atom. The van der Waals surface area contributed by atoms with Crippen molar-refractivity contribution < 1.29 is 0 Å². The van der Waals surface area contributed by atoms with E-state index in [4.69, 9.17) is 6.57 Å². The van der Waals surface area contributed by atoms with Crippen molar-refractivity contribution >= 4 is 69.4 Å². The molecule has 0 saturated heterocycles. The highest BCUT2D eigenvalue weighted by Gasteiger charge is 2.44. The summed E-state index contributed by atoms with van der Waals surface area (Å²) in [7, 11) is 0. The standard InChI is InChI=1S/C30H17BN4S2/c1-15-5-16(2)27(17(3)6-15)31-21-7-18(13-32)8-23-28(21)35-29-22(31)11-20(34-4)12-26(29)37-25-10-19(14-33)9-24(36-23)30(25)35/h5-12H,1-3H3. The smallest absolute Gasteiger partial charge is 0.245 e. The van der Waals surface area contributed by atoms with Crippen molar-refractivity contribution in [2.45, 2.75) is 40.4 Å². The van der Waals surface area contributed by atoms with Gasteiger partial charge in [-0.05, 0) is 56.6 Å². The molecule has 7 heteroatoms. The fourth-order valence-electron chi connectivity index (χ4n) is 6.17. The first-order valence-electron chi connectivity index (χ1n) is 11.9. The lowest BCUT2D eigenvalue weighted by Gasteiger charge is -2.45. The van der Waals surface area contributed by atoms with Crippen LogP contribution in [0, 0.1) is 50.0 Å². The molecule has 0 saturated carbocycles. The molecule has 4 aromatic rings. The van der Waals surface area contributed by atoms with Crippen LogP contribution < -0.4 is 21.3 Å². The quantitative estimate of drug-likeness (QED) is 0.197. The average molecular weight is 508 g/mol. The predicted molar refractivity (Wildman–Crippen MR) is 150 cm³/mol. The fourth-order valence-corrected chi connectivity index (χ4v) is 8.65. The molecule has 3 aliphatic rings. The van der Waals surface area contributed by atoms with E-state index in [1.807, 2.05) is 36.4 Å². The maximum absolute atomic E-state index is 9.99. The third kappa shape index (κ3) is 2.98. The molecule has 3 aliphatic heterocycles. The molecule has 0 spiro atoms. The summed E-state index contributed by atoms with van der Waals surface area (Å²) in [6, 6.07) is 21.0. The number of nitriles is 2. The van der Waals surface area contributed by atoms with Gasteiger partial charge in [0.1, 0.15) is 0 Å². The second-order valence-corrected chi connectivity index (χ2v) is 11.9. The van der Waals surface area contributed by atoms with E-state index in [1.54, 1.807) is 23.5 Å². The molecule has 0 bridgehead atoms. The summed E-state index contributed by atoms with van der Waals surface area (Å²) in [6.45, 7) is 14.2. The molecule has 0 N–H and O–H groups in total. The summed E-state index contributed by atoms with van der Waals surface area (Å²) in [5, 5.41) is 19.7. The van der Waals surface area contributed by atoms with E-state index in [-0.39, 0.29) is 6.71 Å². The minimum atomic E-state index is -0.1000. The highest BCUT2D eigenvalue weighted by atomic mass is 32.2. The summed E-state index contributed by atoms with van der Waals surface area (Å²) in [4.78, 5) is 10.3. The van der Waals surface area contributed by atoms with Gasteiger partial charge >= 0.3 is 0 Å². The van der Waals surface area contributed by atoms with Crippen LogP contribution in [0.2, 0.25) is 0 Å². The Balaban J connectivity index is 1.65. The van der Waals surface area contributed by atoms with Crippen molar-refractivity contribution in [1.29, 1.82) is 10.5 Å². The molecule has 4 aromatic carbocycles.